The van der Waals surface area contributed by atoms with Gasteiger partial charge in [0.15, 0.2) is 0 Å². The Bertz CT molecular complexity index is 770. The van der Waals surface area contributed by atoms with Gasteiger partial charge in [-0.05, 0) is 18.2 Å². The van der Waals surface area contributed by atoms with Crippen molar-refractivity contribution in [3.8, 4) is 22.5 Å². The van der Waals surface area contributed by atoms with Gasteiger partial charge in [0.25, 0.3) is 0 Å². The average molecular weight is 355 g/mol. The molecule has 0 aliphatic carbocycles. The average Bonchev–Trinajstić information content (AvgIpc) is 2.56. The van der Waals surface area contributed by atoms with Gasteiger partial charge in [-0.1, -0.05) is 58.4 Å². The first-order valence-electron chi connectivity index (χ1n) is 6.82. The van der Waals surface area contributed by atoms with Gasteiger partial charge >= 0.3 is 0 Å². The molecular weight excluding hydrogens is 340 g/mol. The van der Waals surface area contributed by atoms with Gasteiger partial charge in [-0.3, -0.25) is 5.01 Å². The lowest BCUT2D eigenvalue weighted by atomic mass is 10.1. The Kier molecular flexibility index (Phi) is 4.18. The first-order valence-corrected chi connectivity index (χ1v) is 7.61. The van der Waals surface area contributed by atoms with Gasteiger partial charge in [0.05, 0.1) is 11.4 Å². The van der Waals surface area contributed by atoms with Crippen molar-refractivity contribution in [1.82, 2.24) is 9.97 Å². The van der Waals surface area contributed by atoms with Crippen molar-refractivity contribution in [1.29, 1.82) is 0 Å². The van der Waals surface area contributed by atoms with E-state index in [2.05, 4.69) is 25.9 Å². The van der Waals surface area contributed by atoms with Crippen LogP contribution in [0.2, 0.25) is 0 Å². The Labute approximate surface area is 137 Å². The molecule has 0 saturated heterocycles. The van der Waals surface area contributed by atoms with Crippen LogP contribution in [0.5, 0.6) is 0 Å². The molecule has 0 radical (unpaired) electrons. The third kappa shape index (κ3) is 3.16. The minimum absolute atomic E-state index is 0.485. The van der Waals surface area contributed by atoms with E-state index < -0.39 is 0 Å². The van der Waals surface area contributed by atoms with Gasteiger partial charge < -0.3 is 0 Å². The highest BCUT2D eigenvalue weighted by Gasteiger charge is 2.10. The quantitative estimate of drug-likeness (QED) is 0.572. The maximum atomic E-state index is 5.83. The number of hydrazine groups is 1. The summed E-state index contributed by atoms with van der Waals surface area (Å²) in [5, 5.41) is 1.43. The molecule has 0 spiro atoms. The van der Waals surface area contributed by atoms with Gasteiger partial charge in [0.2, 0.25) is 5.95 Å². The van der Waals surface area contributed by atoms with E-state index in [1.807, 2.05) is 60.7 Å². The summed E-state index contributed by atoms with van der Waals surface area (Å²) in [6, 6.07) is 20.0. The molecule has 2 aromatic carbocycles. The van der Waals surface area contributed by atoms with E-state index in [1.54, 1.807) is 7.05 Å². The Morgan fingerprint density at radius 1 is 0.864 bits per heavy atom. The lowest BCUT2D eigenvalue weighted by molar-refractivity contribution is 0.933. The number of halogens is 1. The third-order valence-corrected chi connectivity index (χ3v) is 3.77. The summed E-state index contributed by atoms with van der Waals surface area (Å²) < 4.78 is 1.03. The zero-order chi connectivity index (χ0) is 15.5. The zero-order valence-electron chi connectivity index (χ0n) is 12.1. The standard InChI is InChI=1S/C17H15BrN4/c1-22(19)17-20-15(12-5-3-2-4-6-12)11-16(21-17)13-7-9-14(18)10-8-13/h2-11H,19H2,1H3. The summed E-state index contributed by atoms with van der Waals surface area (Å²) in [7, 11) is 1.73. The van der Waals surface area contributed by atoms with Crippen molar-refractivity contribution in [2.45, 2.75) is 0 Å². The van der Waals surface area contributed by atoms with Gasteiger partial charge in [-0.15, -0.1) is 0 Å². The Balaban J connectivity index is 2.14. The molecule has 4 nitrogen and oxygen atoms in total. The largest absolute Gasteiger partial charge is 0.282 e. The zero-order valence-corrected chi connectivity index (χ0v) is 13.7. The normalized spacial score (nSPS) is 10.5. The maximum absolute atomic E-state index is 5.83. The molecule has 0 aliphatic heterocycles. The molecule has 0 bridgehead atoms. The fraction of sp³-hybridized carbons (Fsp3) is 0.0588. The number of aromatic nitrogens is 2. The third-order valence-electron chi connectivity index (χ3n) is 3.24. The second kappa shape index (κ2) is 6.25. The van der Waals surface area contributed by atoms with Gasteiger partial charge in [0.1, 0.15) is 0 Å². The Morgan fingerprint density at radius 2 is 1.41 bits per heavy atom. The first kappa shape index (κ1) is 14.7. The summed E-state index contributed by atoms with van der Waals surface area (Å²) >= 11 is 3.45. The van der Waals surface area contributed by atoms with Crippen molar-refractivity contribution < 1.29 is 0 Å². The molecule has 2 N–H and O–H groups in total. The van der Waals surface area contributed by atoms with Crippen LogP contribution in [0.4, 0.5) is 5.95 Å². The van der Waals surface area contributed by atoms with Crippen LogP contribution in [0.15, 0.2) is 65.1 Å². The Morgan fingerprint density at radius 3 is 1.95 bits per heavy atom. The predicted octanol–water partition coefficient (Wildman–Crippen LogP) is 3.88. The molecule has 0 fully saturated rings. The number of rotatable bonds is 3. The first-order chi connectivity index (χ1) is 10.6. The van der Waals surface area contributed by atoms with Crippen molar-refractivity contribution >= 4 is 21.9 Å². The molecule has 0 unspecified atom stereocenters. The van der Waals surface area contributed by atoms with Gasteiger partial charge in [0, 0.05) is 22.6 Å². The molecule has 3 rings (SSSR count). The van der Waals surface area contributed by atoms with Crippen LogP contribution >= 0.6 is 15.9 Å². The number of nitrogens with zero attached hydrogens (tertiary/aromatic N) is 3. The fourth-order valence-corrected chi connectivity index (χ4v) is 2.38. The molecule has 110 valence electrons. The van der Waals surface area contributed by atoms with E-state index in [4.69, 9.17) is 5.84 Å². The van der Waals surface area contributed by atoms with E-state index in [0.29, 0.717) is 5.95 Å². The number of nitrogens with two attached hydrogens (primary N) is 1. The lowest BCUT2D eigenvalue weighted by Crippen LogP contribution is -2.27. The number of hydrogen-bond donors (Lipinski definition) is 1. The number of benzene rings is 2. The summed E-state index contributed by atoms with van der Waals surface area (Å²) in [5.74, 6) is 6.32. The van der Waals surface area contributed by atoms with Crippen LogP contribution in [-0.4, -0.2) is 17.0 Å². The molecule has 0 atom stereocenters. The van der Waals surface area contributed by atoms with Crippen LogP contribution in [-0.2, 0) is 0 Å². The van der Waals surface area contributed by atoms with E-state index in [0.717, 1.165) is 27.0 Å². The van der Waals surface area contributed by atoms with Crippen LogP contribution in [0.25, 0.3) is 22.5 Å². The van der Waals surface area contributed by atoms with E-state index >= 15 is 0 Å². The van der Waals surface area contributed by atoms with E-state index in [-0.39, 0.29) is 0 Å². The van der Waals surface area contributed by atoms with E-state index in [1.165, 1.54) is 5.01 Å². The molecule has 0 aliphatic rings. The molecule has 22 heavy (non-hydrogen) atoms. The topological polar surface area (TPSA) is 55.0 Å². The van der Waals surface area contributed by atoms with Crippen LogP contribution < -0.4 is 10.9 Å². The van der Waals surface area contributed by atoms with Crippen LogP contribution in [0, 0.1) is 0 Å². The predicted molar refractivity (Wildman–Crippen MR) is 93.2 cm³/mol. The van der Waals surface area contributed by atoms with Gasteiger partial charge in [-0.2, -0.15) is 0 Å². The van der Waals surface area contributed by atoms with Crippen molar-refractivity contribution in [2.75, 3.05) is 12.1 Å². The minimum Gasteiger partial charge on any atom is -0.282 e. The summed E-state index contributed by atoms with van der Waals surface area (Å²) in [5.41, 5.74) is 3.74. The van der Waals surface area contributed by atoms with Crippen LogP contribution in [0.3, 0.4) is 0 Å². The highest BCUT2D eigenvalue weighted by Crippen LogP contribution is 2.26. The fourth-order valence-electron chi connectivity index (χ4n) is 2.12. The van der Waals surface area contributed by atoms with E-state index in [9.17, 15) is 0 Å². The maximum Gasteiger partial charge on any atom is 0.240 e. The van der Waals surface area contributed by atoms with Crippen molar-refractivity contribution in [3.63, 3.8) is 0 Å². The highest BCUT2D eigenvalue weighted by molar-refractivity contribution is 9.10. The SMILES string of the molecule is CN(N)c1nc(-c2ccccc2)cc(-c2ccc(Br)cc2)n1. The molecule has 1 aromatic heterocycles. The molecule has 0 saturated carbocycles. The molecule has 5 heteroatoms. The Hall–Kier alpha value is -2.24. The highest BCUT2D eigenvalue weighted by atomic mass is 79.9. The van der Waals surface area contributed by atoms with Crippen molar-refractivity contribution in [2.24, 2.45) is 5.84 Å². The smallest absolute Gasteiger partial charge is 0.240 e. The van der Waals surface area contributed by atoms with Crippen molar-refractivity contribution in [3.05, 3.63) is 65.1 Å². The lowest BCUT2D eigenvalue weighted by Gasteiger charge is -2.13. The second-order valence-electron chi connectivity index (χ2n) is 4.92. The van der Waals surface area contributed by atoms with Gasteiger partial charge in [-0.25, -0.2) is 15.8 Å². The summed E-state index contributed by atoms with van der Waals surface area (Å²) in [6.45, 7) is 0. The summed E-state index contributed by atoms with van der Waals surface area (Å²) in [4.78, 5) is 9.06. The van der Waals surface area contributed by atoms with Crippen LogP contribution in [0.1, 0.15) is 0 Å². The number of anilines is 1. The molecule has 0 amide bonds. The second-order valence-corrected chi connectivity index (χ2v) is 5.84. The molecule has 1 heterocycles. The summed E-state index contributed by atoms with van der Waals surface area (Å²) in [6.07, 6.45) is 0. The monoisotopic (exact) mass is 354 g/mol. The number of hydrogen-bond acceptors (Lipinski definition) is 4. The molecule has 3 aromatic rings. The minimum atomic E-state index is 0.485. The molecular formula is C17H15BrN4.